The van der Waals surface area contributed by atoms with E-state index in [0.29, 0.717) is 49.9 Å². The van der Waals surface area contributed by atoms with Crippen molar-refractivity contribution >= 4 is 29.3 Å². The molecule has 3 rings (SSSR count). The first kappa shape index (κ1) is 20.2. The molecule has 0 unspecified atom stereocenters. The second-order valence-electron chi connectivity index (χ2n) is 6.52. The predicted molar refractivity (Wildman–Crippen MR) is 107 cm³/mol. The van der Waals surface area contributed by atoms with Gasteiger partial charge in [-0.2, -0.15) is 0 Å². The number of piperazine rings is 1. The summed E-state index contributed by atoms with van der Waals surface area (Å²) in [6.07, 6.45) is 0. The average Bonchev–Trinajstić information content (AvgIpc) is 2.74. The lowest BCUT2D eigenvalue weighted by molar-refractivity contribution is -0.129. The minimum absolute atomic E-state index is 0.0676. The number of benzene rings is 1. The molecule has 29 heavy (non-hydrogen) atoms. The van der Waals surface area contributed by atoms with Gasteiger partial charge in [0.05, 0.1) is 12.2 Å². The Balaban J connectivity index is 1.58. The van der Waals surface area contributed by atoms with Gasteiger partial charge in [0.2, 0.25) is 5.91 Å². The summed E-state index contributed by atoms with van der Waals surface area (Å²) in [4.78, 5) is 39.3. The summed E-state index contributed by atoms with van der Waals surface area (Å²) in [6, 6.07) is 9.78. The number of nitrogens with one attached hydrogen (secondary N) is 1. The molecule has 1 saturated heterocycles. The number of hydrogen-bond acceptors (Lipinski definition) is 7. The molecule has 1 aromatic carbocycles. The fraction of sp³-hybridized carbons (Fsp3) is 0.350. The van der Waals surface area contributed by atoms with Gasteiger partial charge >= 0.3 is 5.97 Å². The lowest BCUT2D eigenvalue weighted by Crippen LogP contribution is -2.48. The van der Waals surface area contributed by atoms with Gasteiger partial charge in [-0.25, -0.2) is 4.79 Å². The molecule has 2 heterocycles. The molecule has 0 bridgehead atoms. The third-order valence-electron chi connectivity index (χ3n) is 4.59. The molecule has 2 aromatic rings. The maximum absolute atomic E-state index is 12.4. The van der Waals surface area contributed by atoms with Crippen LogP contribution in [0.1, 0.15) is 34.7 Å². The van der Waals surface area contributed by atoms with Crippen molar-refractivity contribution in [2.24, 2.45) is 0 Å². The number of aromatic nitrogens is 2. The number of carbonyl (C=O) groups excluding carboxylic acids is 3. The highest BCUT2D eigenvalue weighted by Crippen LogP contribution is 2.15. The molecule has 1 fully saturated rings. The van der Waals surface area contributed by atoms with Crippen molar-refractivity contribution in [3.05, 3.63) is 47.7 Å². The third-order valence-corrected chi connectivity index (χ3v) is 4.59. The first-order valence-electron chi connectivity index (χ1n) is 9.40. The van der Waals surface area contributed by atoms with E-state index in [4.69, 9.17) is 4.74 Å². The molecule has 0 spiro atoms. The number of esters is 1. The molecular formula is C20H23N5O4. The van der Waals surface area contributed by atoms with Crippen LogP contribution in [0.25, 0.3) is 0 Å². The fourth-order valence-corrected chi connectivity index (χ4v) is 2.96. The van der Waals surface area contributed by atoms with E-state index in [1.54, 1.807) is 55.1 Å². The quantitative estimate of drug-likeness (QED) is 0.764. The zero-order valence-corrected chi connectivity index (χ0v) is 16.4. The molecule has 1 aliphatic heterocycles. The monoisotopic (exact) mass is 397 g/mol. The van der Waals surface area contributed by atoms with E-state index in [-0.39, 0.29) is 11.6 Å². The highest BCUT2D eigenvalue weighted by Gasteiger charge is 2.20. The van der Waals surface area contributed by atoms with Crippen LogP contribution in [-0.2, 0) is 9.53 Å². The molecule has 1 aromatic heterocycles. The van der Waals surface area contributed by atoms with Gasteiger partial charge < -0.3 is 19.9 Å². The van der Waals surface area contributed by atoms with E-state index < -0.39 is 11.9 Å². The van der Waals surface area contributed by atoms with E-state index in [9.17, 15) is 14.4 Å². The zero-order valence-electron chi connectivity index (χ0n) is 16.4. The van der Waals surface area contributed by atoms with Crippen LogP contribution < -0.4 is 10.2 Å². The number of carbonyl (C=O) groups is 3. The minimum atomic E-state index is -0.407. The number of anilines is 2. The Hall–Kier alpha value is -3.49. The van der Waals surface area contributed by atoms with Gasteiger partial charge in [0.15, 0.2) is 11.5 Å². The van der Waals surface area contributed by atoms with Crippen LogP contribution in [-0.4, -0.2) is 65.7 Å². The van der Waals surface area contributed by atoms with Crippen molar-refractivity contribution in [1.82, 2.24) is 15.1 Å². The molecule has 0 radical (unpaired) electrons. The summed E-state index contributed by atoms with van der Waals surface area (Å²) >= 11 is 0. The molecular weight excluding hydrogens is 374 g/mol. The van der Waals surface area contributed by atoms with Crippen molar-refractivity contribution in [2.75, 3.05) is 43.0 Å². The van der Waals surface area contributed by atoms with E-state index >= 15 is 0 Å². The predicted octanol–water partition coefficient (Wildman–Crippen LogP) is 1.57. The SMILES string of the molecule is CCOC(=O)c1ccc(NC(=O)c2ccc(N3CCN(C(C)=O)CC3)nn2)cc1. The largest absolute Gasteiger partial charge is 0.462 e. The van der Waals surface area contributed by atoms with Crippen LogP contribution in [0.15, 0.2) is 36.4 Å². The summed E-state index contributed by atoms with van der Waals surface area (Å²) in [6.45, 7) is 6.23. The molecule has 1 aliphatic rings. The van der Waals surface area contributed by atoms with Gasteiger partial charge in [-0.1, -0.05) is 0 Å². The maximum Gasteiger partial charge on any atom is 0.338 e. The minimum Gasteiger partial charge on any atom is -0.462 e. The lowest BCUT2D eigenvalue weighted by Gasteiger charge is -2.34. The van der Waals surface area contributed by atoms with Crippen LogP contribution in [0.5, 0.6) is 0 Å². The molecule has 9 nitrogen and oxygen atoms in total. The maximum atomic E-state index is 12.4. The highest BCUT2D eigenvalue weighted by atomic mass is 16.5. The number of hydrogen-bond donors (Lipinski definition) is 1. The number of amides is 2. The number of rotatable bonds is 5. The fourth-order valence-electron chi connectivity index (χ4n) is 2.96. The van der Waals surface area contributed by atoms with Crippen molar-refractivity contribution in [3.8, 4) is 0 Å². The molecule has 1 N–H and O–H groups in total. The average molecular weight is 397 g/mol. The van der Waals surface area contributed by atoms with Crippen molar-refractivity contribution < 1.29 is 19.1 Å². The van der Waals surface area contributed by atoms with Gasteiger partial charge in [0.25, 0.3) is 5.91 Å². The Kier molecular flexibility index (Phi) is 6.38. The van der Waals surface area contributed by atoms with Crippen molar-refractivity contribution in [3.63, 3.8) is 0 Å². The van der Waals surface area contributed by atoms with Crippen molar-refractivity contribution in [1.29, 1.82) is 0 Å². The third kappa shape index (κ3) is 5.07. The molecule has 0 atom stereocenters. The Bertz CT molecular complexity index is 875. The van der Waals surface area contributed by atoms with E-state index in [0.717, 1.165) is 0 Å². The molecule has 0 aliphatic carbocycles. The number of ether oxygens (including phenoxy) is 1. The Morgan fingerprint density at radius 1 is 1.00 bits per heavy atom. The van der Waals surface area contributed by atoms with Crippen LogP contribution in [0.4, 0.5) is 11.5 Å². The normalized spacial score (nSPS) is 13.7. The summed E-state index contributed by atoms with van der Waals surface area (Å²) in [5.41, 5.74) is 1.14. The summed E-state index contributed by atoms with van der Waals surface area (Å²) in [7, 11) is 0. The Morgan fingerprint density at radius 3 is 2.24 bits per heavy atom. The van der Waals surface area contributed by atoms with Crippen LogP contribution in [0.3, 0.4) is 0 Å². The Labute approximate surface area is 168 Å². The van der Waals surface area contributed by atoms with Crippen LogP contribution >= 0.6 is 0 Å². The van der Waals surface area contributed by atoms with Gasteiger partial charge in [-0.3, -0.25) is 9.59 Å². The topological polar surface area (TPSA) is 105 Å². The molecule has 152 valence electrons. The lowest BCUT2D eigenvalue weighted by atomic mass is 10.2. The van der Waals surface area contributed by atoms with Crippen LogP contribution in [0.2, 0.25) is 0 Å². The van der Waals surface area contributed by atoms with Gasteiger partial charge in [-0.15, -0.1) is 10.2 Å². The summed E-state index contributed by atoms with van der Waals surface area (Å²) in [5, 5.41) is 10.9. The smallest absolute Gasteiger partial charge is 0.338 e. The van der Waals surface area contributed by atoms with Gasteiger partial charge in [0, 0.05) is 38.8 Å². The van der Waals surface area contributed by atoms with Gasteiger partial charge in [-0.05, 0) is 43.3 Å². The second-order valence-corrected chi connectivity index (χ2v) is 6.52. The number of nitrogens with zero attached hydrogens (tertiary/aromatic N) is 4. The standard InChI is InChI=1S/C20H23N5O4/c1-3-29-20(28)15-4-6-16(7-5-15)21-19(27)17-8-9-18(23-22-17)25-12-10-24(11-13-25)14(2)26/h4-9H,3,10-13H2,1-2H3,(H,21,27). The molecule has 9 heteroatoms. The second kappa shape index (κ2) is 9.13. The first-order valence-corrected chi connectivity index (χ1v) is 9.40. The van der Waals surface area contributed by atoms with E-state index in [1.165, 1.54) is 0 Å². The first-order chi connectivity index (χ1) is 14.0. The molecule has 0 saturated carbocycles. The summed E-state index contributed by atoms with van der Waals surface area (Å²) in [5.74, 6) is -0.0631. The van der Waals surface area contributed by atoms with Crippen molar-refractivity contribution in [2.45, 2.75) is 13.8 Å². The van der Waals surface area contributed by atoms with Gasteiger partial charge in [0.1, 0.15) is 0 Å². The van der Waals surface area contributed by atoms with E-state index in [1.807, 2.05) is 4.90 Å². The zero-order chi connectivity index (χ0) is 20.8. The van der Waals surface area contributed by atoms with Crippen LogP contribution in [0, 0.1) is 0 Å². The summed E-state index contributed by atoms with van der Waals surface area (Å²) < 4.78 is 4.93. The highest BCUT2D eigenvalue weighted by molar-refractivity contribution is 6.03. The van der Waals surface area contributed by atoms with E-state index in [2.05, 4.69) is 15.5 Å². The Morgan fingerprint density at radius 2 is 1.69 bits per heavy atom. The molecule has 2 amide bonds.